The molecule has 0 atom stereocenters. The maximum atomic E-state index is 13.2. The van der Waals surface area contributed by atoms with Crippen molar-refractivity contribution in [1.29, 1.82) is 0 Å². The molecule has 1 aromatic carbocycles. The Balaban J connectivity index is 1.41. The van der Waals surface area contributed by atoms with Gasteiger partial charge in [-0.1, -0.05) is 6.07 Å². The number of thiocarbonyl (C=S) groups is 1. The molecule has 0 aromatic heterocycles. The SMILES string of the molecule is Fc1cccc(NC(=S)NC2C3CC4CC(C3)CC2C4)c1. The summed E-state index contributed by atoms with van der Waals surface area (Å²) in [6.07, 6.45) is 6.94. The second kappa shape index (κ2) is 5.24. The lowest BCUT2D eigenvalue weighted by atomic mass is 9.54. The maximum absolute atomic E-state index is 13.2. The van der Waals surface area contributed by atoms with E-state index in [0.717, 1.165) is 29.4 Å². The third-order valence-corrected chi connectivity index (χ3v) is 5.83. The van der Waals surface area contributed by atoms with Gasteiger partial charge >= 0.3 is 0 Å². The van der Waals surface area contributed by atoms with Crippen molar-refractivity contribution in [2.24, 2.45) is 23.7 Å². The second-order valence-corrected chi connectivity index (χ2v) is 7.47. The largest absolute Gasteiger partial charge is 0.359 e. The Morgan fingerprint density at radius 1 is 1.05 bits per heavy atom. The van der Waals surface area contributed by atoms with Gasteiger partial charge in [0.05, 0.1) is 0 Å². The topological polar surface area (TPSA) is 24.1 Å². The monoisotopic (exact) mass is 304 g/mol. The molecular weight excluding hydrogens is 283 g/mol. The van der Waals surface area contributed by atoms with E-state index >= 15 is 0 Å². The van der Waals surface area contributed by atoms with Crippen molar-refractivity contribution in [2.45, 2.75) is 38.1 Å². The Labute approximate surface area is 130 Å². The first-order chi connectivity index (χ1) is 10.2. The summed E-state index contributed by atoms with van der Waals surface area (Å²) in [5, 5.41) is 7.29. The van der Waals surface area contributed by atoms with Crippen molar-refractivity contribution >= 4 is 23.0 Å². The number of anilines is 1. The molecule has 0 heterocycles. The first-order valence-corrected chi connectivity index (χ1v) is 8.41. The van der Waals surface area contributed by atoms with Crippen LogP contribution in [0.15, 0.2) is 24.3 Å². The van der Waals surface area contributed by atoms with Gasteiger partial charge in [0.25, 0.3) is 0 Å². The second-order valence-electron chi connectivity index (χ2n) is 7.07. The molecule has 0 spiro atoms. The Bertz CT molecular complexity index is 531. The zero-order valence-corrected chi connectivity index (χ0v) is 12.8. The van der Waals surface area contributed by atoms with Crippen molar-refractivity contribution < 1.29 is 4.39 Å². The van der Waals surface area contributed by atoms with Gasteiger partial charge < -0.3 is 10.6 Å². The summed E-state index contributed by atoms with van der Waals surface area (Å²) in [6, 6.07) is 6.98. The highest BCUT2D eigenvalue weighted by molar-refractivity contribution is 7.80. The van der Waals surface area contributed by atoms with Gasteiger partial charge in [-0.3, -0.25) is 0 Å². The quantitative estimate of drug-likeness (QED) is 0.809. The Hall–Kier alpha value is -1.16. The van der Waals surface area contributed by atoms with Gasteiger partial charge in [0.15, 0.2) is 5.11 Å². The van der Waals surface area contributed by atoms with Crippen LogP contribution in [0, 0.1) is 29.5 Å². The molecule has 4 fully saturated rings. The fraction of sp³-hybridized carbons (Fsp3) is 0.588. The number of hydrogen-bond donors (Lipinski definition) is 2. The van der Waals surface area contributed by atoms with Crippen LogP contribution >= 0.6 is 12.2 Å². The third kappa shape index (κ3) is 2.66. The van der Waals surface area contributed by atoms with E-state index in [1.54, 1.807) is 6.07 Å². The first-order valence-electron chi connectivity index (χ1n) is 8.00. The van der Waals surface area contributed by atoms with Crippen LogP contribution in [0.3, 0.4) is 0 Å². The molecule has 112 valence electrons. The van der Waals surface area contributed by atoms with Gasteiger partial charge in [-0.05, 0) is 86.2 Å². The van der Waals surface area contributed by atoms with E-state index in [9.17, 15) is 4.39 Å². The number of benzene rings is 1. The summed E-state index contributed by atoms with van der Waals surface area (Å²) in [7, 11) is 0. The van der Waals surface area contributed by atoms with E-state index in [1.165, 1.54) is 44.2 Å². The lowest BCUT2D eigenvalue weighted by Gasteiger charge is -2.54. The number of hydrogen-bond acceptors (Lipinski definition) is 1. The average molecular weight is 304 g/mol. The van der Waals surface area contributed by atoms with E-state index in [1.807, 2.05) is 6.07 Å². The van der Waals surface area contributed by atoms with Crippen LogP contribution < -0.4 is 10.6 Å². The predicted molar refractivity (Wildman–Crippen MR) is 86.6 cm³/mol. The van der Waals surface area contributed by atoms with Crippen LogP contribution in [0.4, 0.5) is 10.1 Å². The molecule has 4 saturated carbocycles. The predicted octanol–water partition coefficient (Wildman–Crippen LogP) is 3.94. The van der Waals surface area contributed by atoms with E-state index in [-0.39, 0.29) is 5.82 Å². The Kier molecular flexibility index (Phi) is 3.37. The molecule has 4 aliphatic carbocycles. The van der Waals surface area contributed by atoms with Gasteiger partial charge in [0.2, 0.25) is 0 Å². The average Bonchev–Trinajstić information content (AvgIpc) is 2.42. The van der Waals surface area contributed by atoms with Gasteiger partial charge in [0, 0.05) is 11.7 Å². The maximum Gasteiger partial charge on any atom is 0.171 e. The highest BCUT2D eigenvalue weighted by atomic mass is 32.1. The van der Waals surface area contributed by atoms with Gasteiger partial charge in [-0.25, -0.2) is 4.39 Å². The summed E-state index contributed by atoms with van der Waals surface area (Å²) in [5.41, 5.74) is 0.719. The molecule has 4 bridgehead atoms. The molecule has 4 aliphatic rings. The fourth-order valence-corrected chi connectivity index (χ4v) is 5.30. The smallest absolute Gasteiger partial charge is 0.171 e. The summed E-state index contributed by atoms with van der Waals surface area (Å²) in [6.45, 7) is 0. The zero-order chi connectivity index (χ0) is 14.4. The van der Waals surface area contributed by atoms with Crippen LogP contribution in [0.25, 0.3) is 0 Å². The van der Waals surface area contributed by atoms with E-state index < -0.39 is 0 Å². The number of rotatable bonds is 2. The van der Waals surface area contributed by atoms with Crippen molar-refractivity contribution in [3.8, 4) is 0 Å². The standard InChI is InChI=1S/C17H21FN2S/c18-14-2-1-3-15(9-14)19-17(21)20-16-12-5-10-4-11(7-12)8-13(16)6-10/h1-3,9-13,16H,4-8H2,(H2,19,20,21). The van der Waals surface area contributed by atoms with Crippen molar-refractivity contribution in [3.63, 3.8) is 0 Å². The molecule has 2 N–H and O–H groups in total. The minimum absolute atomic E-state index is 0.238. The highest BCUT2D eigenvalue weighted by Crippen LogP contribution is 2.53. The number of nitrogens with one attached hydrogen (secondary N) is 2. The molecule has 0 amide bonds. The van der Waals surface area contributed by atoms with E-state index in [4.69, 9.17) is 12.2 Å². The van der Waals surface area contributed by atoms with Crippen LogP contribution in [-0.2, 0) is 0 Å². The van der Waals surface area contributed by atoms with Crippen molar-refractivity contribution in [3.05, 3.63) is 30.1 Å². The van der Waals surface area contributed by atoms with Gasteiger partial charge in [-0.15, -0.1) is 0 Å². The number of halogens is 1. The normalized spacial score (nSPS) is 36.5. The Morgan fingerprint density at radius 2 is 1.71 bits per heavy atom. The molecule has 0 saturated heterocycles. The van der Waals surface area contributed by atoms with Crippen molar-refractivity contribution in [1.82, 2.24) is 5.32 Å². The highest BCUT2D eigenvalue weighted by Gasteiger charge is 2.48. The van der Waals surface area contributed by atoms with Gasteiger partial charge in [0.1, 0.15) is 5.82 Å². The fourth-order valence-electron chi connectivity index (χ4n) is 5.05. The van der Waals surface area contributed by atoms with Gasteiger partial charge in [-0.2, -0.15) is 0 Å². The van der Waals surface area contributed by atoms with Crippen LogP contribution in [-0.4, -0.2) is 11.2 Å². The zero-order valence-electron chi connectivity index (χ0n) is 12.0. The molecule has 0 unspecified atom stereocenters. The molecule has 2 nitrogen and oxygen atoms in total. The van der Waals surface area contributed by atoms with Crippen LogP contribution in [0.1, 0.15) is 32.1 Å². The molecule has 0 radical (unpaired) electrons. The lowest BCUT2D eigenvalue weighted by molar-refractivity contribution is -0.00665. The van der Waals surface area contributed by atoms with E-state index in [0.29, 0.717) is 11.2 Å². The van der Waals surface area contributed by atoms with E-state index in [2.05, 4.69) is 10.6 Å². The first kappa shape index (κ1) is 13.5. The molecule has 5 rings (SSSR count). The van der Waals surface area contributed by atoms with Crippen LogP contribution in [0.5, 0.6) is 0 Å². The molecule has 0 aliphatic heterocycles. The molecule has 4 heteroatoms. The summed E-state index contributed by atoms with van der Waals surface area (Å²) < 4.78 is 13.2. The summed E-state index contributed by atoms with van der Waals surface area (Å²) in [4.78, 5) is 0. The van der Waals surface area contributed by atoms with Crippen molar-refractivity contribution in [2.75, 3.05) is 5.32 Å². The van der Waals surface area contributed by atoms with Crippen LogP contribution in [0.2, 0.25) is 0 Å². The minimum atomic E-state index is -0.238. The molecule has 1 aromatic rings. The molecule has 21 heavy (non-hydrogen) atoms. The third-order valence-electron chi connectivity index (χ3n) is 5.61. The summed E-state index contributed by atoms with van der Waals surface area (Å²) in [5.74, 6) is 3.27. The lowest BCUT2D eigenvalue weighted by Crippen LogP contribution is -2.56. The minimum Gasteiger partial charge on any atom is -0.359 e. The summed E-state index contributed by atoms with van der Waals surface area (Å²) >= 11 is 5.43. The molecular formula is C17H21FN2S. The Morgan fingerprint density at radius 3 is 2.33 bits per heavy atom.